The number of carbonyl (C=O) groups is 2. The lowest BCUT2D eigenvalue weighted by molar-refractivity contribution is 0.0599. The summed E-state index contributed by atoms with van der Waals surface area (Å²) in [5.41, 5.74) is 6.92. The van der Waals surface area contributed by atoms with Crippen molar-refractivity contribution in [3.8, 4) is 0 Å². The minimum Gasteiger partial charge on any atom is -0.465 e. The van der Waals surface area contributed by atoms with Crippen LogP contribution in [0.4, 0.5) is 5.69 Å². The Morgan fingerprint density at radius 3 is 2.31 bits per heavy atom. The van der Waals surface area contributed by atoms with Crippen LogP contribution in [0.1, 0.15) is 54.6 Å². The summed E-state index contributed by atoms with van der Waals surface area (Å²) in [4.78, 5) is 25.3. The van der Waals surface area contributed by atoms with E-state index in [2.05, 4.69) is 31.4 Å². The molecule has 4 aromatic rings. The second kappa shape index (κ2) is 10.5. The number of anilines is 1. The van der Waals surface area contributed by atoms with E-state index in [1.807, 2.05) is 62.7 Å². The molecule has 4 rings (SSSR count). The first-order valence-electron chi connectivity index (χ1n) is 11.5. The molecule has 8 nitrogen and oxygen atoms in total. The van der Waals surface area contributed by atoms with Gasteiger partial charge in [0.1, 0.15) is 0 Å². The molecule has 0 aliphatic rings. The molecule has 0 aliphatic heterocycles. The van der Waals surface area contributed by atoms with Crippen LogP contribution in [0.5, 0.6) is 0 Å². The topological polar surface area (TPSA) is 91.0 Å². The van der Waals surface area contributed by atoms with Crippen molar-refractivity contribution >= 4 is 33.5 Å². The highest BCUT2D eigenvalue weighted by atomic mass is 79.9. The Kier molecular flexibility index (Phi) is 7.40. The molecule has 0 saturated carbocycles. The maximum absolute atomic E-state index is 13.2. The maximum atomic E-state index is 13.2. The van der Waals surface area contributed by atoms with E-state index in [4.69, 9.17) is 4.74 Å². The van der Waals surface area contributed by atoms with Crippen LogP contribution in [0.3, 0.4) is 0 Å². The number of benzene rings is 2. The van der Waals surface area contributed by atoms with Gasteiger partial charge in [-0.05, 0) is 73.0 Å². The molecular weight excluding hydrogens is 522 g/mol. The fourth-order valence-corrected chi connectivity index (χ4v) is 4.44. The molecule has 36 heavy (non-hydrogen) atoms. The predicted octanol–water partition coefficient (Wildman–Crippen LogP) is 5.21. The van der Waals surface area contributed by atoms with E-state index in [1.54, 1.807) is 22.9 Å². The molecule has 1 N–H and O–H groups in total. The number of amides is 1. The normalized spacial score (nSPS) is 10.9. The Labute approximate surface area is 218 Å². The second-order valence-corrected chi connectivity index (χ2v) is 9.44. The second-order valence-electron chi connectivity index (χ2n) is 8.65. The van der Waals surface area contributed by atoms with Crippen molar-refractivity contribution in [1.82, 2.24) is 19.6 Å². The molecule has 0 aliphatic carbocycles. The van der Waals surface area contributed by atoms with Crippen LogP contribution in [0, 0.1) is 27.7 Å². The van der Waals surface area contributed by atoms with Crippen LogP contribution in [0.2, 0.25) is 0 Å². The highest BCUT2D eigenvalue weighted by molar-refractivity contribution is 9.10. The Balaban J connectivity index is 1.54. The van der Waals surface area contributed by atoms with Crippen molar-refractivity contribution in [1.29, 1.82) is 0 Å². The highest BCUT2D eigenvalue weighted by Gasteiger charge is 2.18. The summed E-state index contributed by atoms with van der Waals surface area (Å²) >= 11 is 3.56. The van der Waals surface area contributed by atoms with Gasteiger partial charge < -0.3 is 10.1 Å². The highest BCUT2D eigenvalue weighted by Crippen LogP contribution is 2.24. The van der Waals surface area contributed by atoms with Gasteiger partial charge >= 0.3 is 5.97 Å². The van der Waals surface area contributed by atoms with Crippen LogP contribution < -0.4 is 5.32 Å². The van der Waals surface area contributed by atoms with Crippen molar-refractivity contribution in [2.75, 3.05) is 12.4 Å². The number of rotatable bonds is 7. The van der Waals surface area contributed by atoms with Crippen LogP contribution in [-0.4, -0.2) is 38.5 Å². The molecule has 0 fully saturated rings. The molecular formula is C27H28BrN5O3. The van der Waals surface area contributed by atoms with E-state index in [9.17, 15) is 9.59 Å². The third kappa shape index (κ3) is 5.11. The zero-order valence-corrected chi connectivity index (χ0v) is 22.5. The Morgan fingerprint density at radius 2 is 1.61 bits per heavy atom. The molecule has 0 spiro atoms. The number of nitrogens with one attached hydrogen (secondary N) is 1. The third-order valence-electron chi connectivity index (χ3n) is 6.18. The molecule has 0 radical (unpaired) electrons. The fraction of sp³-hybridized carbons (Fsp3) is 0.259. The number of carbonyl (C=O) groups excluding carboxylic acids is 2. The molecule has 0 unspecified atom stereocenters. The van der Waals surface area contributed by atoms with Crippen molar-refractivity contribution in [2.45, 2.75) is 40.8 Å². The first-order valence-corrected chi connectivity index (χ1v) is 12.3. The Bertz CT molecular complexity index is 1450. The van der Waals surface area contributed by atoms with Gasteiger partial charge in [-0.25, -0.2) is 4.79 Å². The number of hydrogen-bond donors (Lipinski definition) is 1. The molecule has 2 aromatic carbocycles. The quantitative estimate of drug-likeness (QED) is 0.319. The maximum Gasteiger partial charge on any atom is 0.338 e. The fourth-order valence-electron chi connectivity index (χ4n) is 4.16. The van der Waals surface area contributed by atoms with Gasteiger partial charge in [0.2, 0.25) is 0 Å². The first-order chi connectivity index (χ1) is 17.2. The summed E-state index contributed by atoms with van der Waals surface area (Å²) < 4.78 is 9.60. The largest absolute Gasteiger partial charge is 0.465 e. The van der Waals surface area contributed by atoms with Crippen LogP contribution in [0.25, 0.3) is 0 Å². The number of halogens is 1. The third-order valence-corrected chi connectivity index (χ3v) is 7.33. The number of esters is 1. The number of hydrogen-bond acceptors (Lipinski definition) is 5. The monoisotopic (exact) mass is 549 g/mol. The summed E-state index contributed by atoms with van der Waals surface area (Å²) in [7, 11) is 1.36. The van der Waals surface area contributed by atoms with Gasteiger partial charge in [0.25, 0.3) is 5.91 Å². The summed E-state index contributed by atoms with van der Waals surface area (Å²) in [6.45, 7) is 8.65. The standard InChI is InChI=1S/C27H28BrN5O3/c1-16-24(28)18(3)32(30-16)14-20-9-8-11-21(13-20)26(34)29-25-17(2)31-33(19(25)4)15-22-10-6-7-12-23(22)27(35)36-5/h6-13H,14-15H2,1-5H3,(H,29,34). The van der Waals surface area contributed by atoms with Gasteiger partial charge in [-0.2, -0.15) is 10.2 Å². The number of aryl methyl sites for hydroxylation is 2. The molecule has 186 valence electrons. The number of ether oxygens (including phenoxy) is 1. The molecule has 2 heterocycles. The molecule has 0 bridgehead atoms. The Morgan fingerprint density at radius 1 is 0.917 bits per heavy atom. The van der Waals surface area contributed by atoms with Crippen LogP contribution in [-0.2, 0) is 17.8 Å². The number of methoxy groups -OCH3 is 1. The molecule has 0 saturated heterocycles. The van der Waals surface area contributed by atoms with Gasteiger partial charge in [-0.15, -0.1) is 0 Å². The van der Waals surface area contributed by atoms with E-state index >= 15 is 0 Å². The molecule has 1 amide bonds. The van der Waals surface area contributed by atoms with Gasteiger partial charge in [0.05, 0.1) is 58.7 Å². The molecule has 2 aromatic heterocycles. The van der Waals surface area contributed by atoms with Crippen molar-refractivity contribution in [3.63, 3.8) is 0 Å². The van der Waals surface area contributed by atoms with Gasteiger partial charge in [0.15, 0.2) is 0 Å². The van der Waals surface area contributed by atoms with E-state index in [0.29, 0.717) is 35.6 Å². The SMILES string of the molecule is COC(=O)c1ccccc1Cn1nc(C)c(NC(=O)c2cccc(Cn3nc(C)c(Br)c3C)c2)c1C. The van der Waals surface area contributed by atoms with Crippen LogP contribution in [0.15, 0.2) is 53.0 Å². The minimum atomic E-state index is -0.395. The van der Waals surface area contributed by atoms with E-state index in [0.717, 1.165) is 32.7 Å². The van der Waals surface area contributed by atoms with E-state index in [1.165, 1.54) is 7.11 Å². The van der Waals surface area contributed by atoms with E-state index < -0.39 is 5.97 Å². The van der Waals surface area contributed by atoms with Crippen molar-refractivity contribution in [2.24, 2.45) is 0 Å². The summed E-state index contributed by atoms with van der Waals surface area (Å²) in [5.74, 6) is -0.611. The van der Waals surface area contributed by atoms with Crippen molar-refractivity contribution < 1.29 is 14.3 Å². The Hall–Kier alpha value is -3.72. The average Bonchev–Trinajstić information content (AvgIpc) is 3.27. The lowest BCUT2D eigenvalue weighted by atomic mass is 10.1. The zero-order chi connectivity index (χ0) is 26.0. The van der Waals surface area contributed by atoms with Gasteiger partial charge in [-0.3, -0.25) is 14.2 Å². The predicted molar refractivity (Wildman–Crippen MR) is 141 cm³/mol. The van der Waals surface area contributed by atoms with Crippen molar-refractivity contribution in [3.05, 3.63) is 98.0 Å². The van der Waals surface area contributed by atoms with E-state index in [-0.39, 0.29) is 5.91 Å². The lowest BCUT2D eigenvalue weighted by Gasteiger charge is -2.11. The zero-order valence-electron chi connectivity index (χ0n) is 20.9. The van der Waals surface area contributed by atoms with Crippen LogP contribution >= 0.6 is 15.9 Å². The summed E-state index contributed by atoms with van der Waals surface area (Å²) in [6.07, 6.45) is 0. The summed E-state index contributed by atoms with van der Waals surface area (Å²) in [5, 5.41) is 12.2. The first kappa shape index (κ1) is 25.4. The molecule has 9 heteroatoms. The minimum absolute atomic E-state index is 0.216. The average molecular weight is 550 g/mol. The summed E-state index contributed by atoms with van der Waals surface area (Å²) in [6, 6.07) is 14.8. The lowest BCUT2D eigenvalue weighted by Crippen LogP contribution is -2.14. The number of aromatic nitrogens is 4. The van der Waals surface area contributed by atoms with Gasteiger partial charge in [-0.1, -0.05) is 30.3 Å². The van der Waals surface area contributed by atoms with Gasteiger partial charge in [0, 0.05) is 5.56 Å². The smallest absolute Gasteiger partial charge is 0.338 e. The number of nitrogens with zero attached hydrogens (tertiary/aromatic N) is 4. The molecule has 0 atom stereocenters.